The molecule has 1 aromatic heterocycles. The molecule has 2 saturated heterocycles. The third-order valence-electron chi connectivity index (χ3n) is 7.23. The molecule has 0 spiro atoms. The summed E-state index contributed by atoms with van der Waals surface area (Å²) in [5, 5.41) is 12.5. The van der Waals surface area contributed by atoms with Crippen molar-refractivity contribution in [3.8, 4) is 6.19 Å². The van der Waals surface area contributed by atoms with Crippen LogP contribution in [-0.4, -0.2) is 40.5 Å². The molecule has 1 saturated carbocycles. The third kappa shape index (κ3) is 2.84. The van der Waals surface area contributed by atoms with Crippen LogP contribution in [0.25, 0.3) is 0 Å². The number of fused-ring (bicyclic) bond motifs is 3. The molecule has 6 nitrogen and oxygen atoms in total. The van der Waals surface area contributed by atoms with E-state index in [2.05, 4.69) is 40.7 Å². The fraction of sp³-hybridized carbons (Fsp3) is 0.458. The SMILES string of the molecule is N#CN1C2CCC1C(NC(=O)c1ccc3c(c1)CCN3c1cccc(C3CC3)n1)C2. The highest BCUT2D eigenvalue weighted by molar-refractivity contribution is 5.95. The van der Waals surface area contributed by atoms with Gasteiger partial charge in [-0.25, -0.2) is 4.98 Å². The second kappa shape index (κ2) is 6.73. The second-order valence-electron chi connectivity index (χ2n) is 9.06. The first kappa shape index (κ1) is 17.8. The molecule has 1 amide bonds. The molecule has 30 heavy (non-hydrogen) atoms. The highest BCUT2D eigenvalue weighted by Crippen LogP contribution is 2.41. The number of pyridine rings is 1. The van der Waals surface area contributed by atoms with Gasteiger partial charge in [-0.05, 0) is 74.4 Å². The molecule has 1 N–H and O–H groups in total. The van der Waals surface area contributed by atoms with Gasteiger partial charge in [0.25, 0.3) is 5.91 Å². The monoisotopic (exact) mass is 399 g/mol. The summed E-state index contributed by atoms with van der Waals surface area (Å²) in [5.41, 5.74) is 4.27. The zero-order valence-corrected chi connectivity index (χ0v) is 16.9. The van der Waals surface area contributed by atoms with Crippen LogP contribution in [0.4, 0.5) is 11.5 Å². The van der Waals surface area contributed by atoms with Gasteiger partial charge < -0.3 is 15.1 Å². The number of amides is 1. The van der Waals surface area contributed by atoms with Gasteiger partial charge in [-0.15, -0.1) is 0 Å². The summed E-state index contributed by atoms with van der Waals surface area (Å²) in [7, 11) is 0. The molecule has 1 aliphatic carbocycles. The fourth-order valence-electron chi connectivity index (χ4n) is 5.53. The van der Waals surface area contributed by atoms with Gasteiger partial charge in [-0.1, -0.05) is 6.07 Å². The molecule has 3 atom stereocenters. The van der Waals surface area contributed by atoms with Crippen molar-refractivity contribution in [2.75, 3.05) is 11.4 Å². The van der Waals surface area contributed by atoms with Gasteiger partial charge in [-0.2, -0.15) is 5.26 Å². The lowest BCUT2D eigenvalue weighted by Crippen LogP contribution is -2.43. The van der Waals surface area contributed by atoms with E-state index in [9.17, 15) is 10.1 Å². The summed E-state index contributed by atoms with van der Waals surface area (Å²) < 4.78 is 0. The van der Waals surface area contributed by atoms with Gasteiger partial charge in [0.1, 0.15) is 5.82 Å². The zero-order valence-electron chi connectivity index (χ0n) is 16.9. The Morgan fingerprint density at radius 2 is 2.07 bits per heavy atom. The van der Waals surface area contributed by atoms with Crippen LogP contribution < -0.4 is 10.2 Å². The number of hydrogen-bond donors (Lipinski definition) is 1. The van der Waals surface area contributed by atoms with E-state index in [1.54, 1.807) is 0 Å². The van der Waals surface area contributed by atoms with Crippen LogP contribution in [0.5, 0.6) is 0 Å². The quantitative estimate of drug-likeness (QED) is 0.797. The molecular weight excluding hydrogens is 374 g/mol. The van der Waals surface area contributed by atoms with Crippen LogP contribution in [0.2, 0.25) is 0 Å². The Morgan fingerprint density at radius 1 is 1.17 bits per heavy atom. The Bertz CT molecular complexity index is 1060. The minimum Gasteiger partial charge on any atom is -0.347 e. The summed E-state index contributed by atoms with van der Waals surface area (Å²) in [6.07, 6.45) is 8.67. The van der Waals surface area contributed by atoms with Crippen LogP contribution in [0.15, 0.2) is 36.4 Å². The zero-order chi connectivity index (χ0) is 20.2. The third-order valence-corrected chi connectivity index (χ3v) is 7.23. The fourth-order valence-corrected chi connectivity index (χ4v) is 5.53. The van der Waals surface area contributed by atoms with Crippen molar-refractivity contribution in [1.29, 1.82) is 5.26 Å². The Balaban J connectivity index is 1.19. The number of nitrogens with zero attached hydrogens (tertiary/aromatic N) is 4. The summed E-state index contributed by atoms with van der Waals surface area (Å²) in [5.74, 6) is 1.62. The van der Waals surface area contributed by atoms with Crippen molar-refractivity contribution < 1.29 is 4.79 Å². The maximum Gasteiger partial charge on any atom is 0.251 e. The first-order chi connectivity index (χ1) is 14.7. The molecule has 2 aromatic rings. The molecule has 3 fully saturated rings. The van der Waals surface area contributed by atoms with Crippen molar-refractivity contribution in [3.05, 3.63) is 53.2 Å². The van der Waals surface area contributed by atoms with Crippen molar-refractivity contribution in [3.63, 3.8) is 0 Å². The van der Waals surface area contributed by atoms with Crippen LogP contribution in [0.3, 0.4) is 0 Å². The number of carbonyl (C=O) groups is 1. The Labute approximate surface area is 176 Å². The number of hydrogen-bond acceptors (Lipinski definition) is 5. The van der Waals surface area contributed by atoms with Crippen LogP contribution in [0.1, 0.15) is 59.6 Å². The number of carbonyl (C=O) groups excluding carboxylic acids is 1. The van der Waals surface area contributed by atoms with Crippen molar-refractivity contribution in [2.45, 2.75) is 62.6 Å². The number of nitrogens with one attached hydrogen (secondary N) is 1. The Morgan fingerprint density at radius 3 is 2.87 bits per heavy atom. The lowest BCUT2D eigenvalue weighted by molar-refractivity contribution is 0.0928. The van der Waals surface area contributed by atoms with Crippen LogP contribution >= 0.6 is 0 Å². The summed E-state index contributed by atoms with van der Waals surface area (Å²) in [6, 6.07) is 12.9. The molecule has 3 aliphatic heterocycles. The van der Waals surface area contributed by atoms with Gasteiger partial charge in [0.15, 0.2) is 6.19 Å². The highest BCUT2D eigenvalue weighted by atomic mass is 16.1. The number of aromatic nitrogens is 1. The highest BCUT2D eigenvalue weighted by Gasteiger charge is 2.46. The van der Waals surface area contributed by atoms with Crippen LogP contribution in [-0.2, 0) is 6.42 Å². The lowest BCUT2D eigenvalue weighted by Gasteiger charge is -2.22. The molecular formula is C24H25N5O. The molecule has 1 aromatic carbocycles. The van der Waals surface area contributed by atoms with Gasteiger partial charge in [-0.3, -0.25) is 4.79 Å². The summed E-state index contributed by atoms with van der Waals surface area (Å²) >= 11 is 0. The number of anilines is 2. The van der Waals surface area contributed by atoms with E-state index in [0.717, 1.165) is 43.7 Å². The number of benzene rings is 1. The standard InChI is InChI=1S/C24H25N5O/c25-14-29-18-7-9-22(29)20(13-18)27-24(30)17-6-8-21-16(12-17)10-11-28(21)23-3-1-2-19(26-23)15-4-5-15/h1-3,6,8,12,15,18,20,22H,4-5,7,9-11,13H2,(H,27,30). The van der Waals surface area contributed by atoms with Crippen molar-refractivity contribution in [2.24, 2.45) is 0 Å². The molecule has 6 heteroatoms. The smallest absolute Gasteiger partial charge is 0.251 e. The van der Waals surface area contributed by atoms with E-state index in [4.69, 9.17) is 4.98 Å². The van der Waals surface area contributed by atoms with Gasteiger partial charge in [0.05, 0.1) is 12.1 Å². The van der Waals surface area contributed by atoms with Crippen LogP contribution in [0, 0.1) is 11.5 Å². The predicted molar refractivity (Wildman–Crippen MR) is 113 cm³/mol. The summed E-state index contributed by atoms with van der Waals surface area (Å²) in [4.78, 5) is 22.0. The van der Waals surface area contributed by atoms with E-state index >= 15 is 0 Å². The van der Waals surface area contributed by atoms with E-state index in [1.165, 1.54) is 24.1 Å². The Hall–Kier alpha value is -3.07. The van der Waals surface area contributed by atoms with Crippen molar-refractivity contribution >= 4 is 17.4 Å². The first-order valence-electron chi connectivity index (χ1n) is 11.1. The number of nitriles is 1. The molecule has 0 radical (unpaired) electrons. The average molecular weight is 399 g/mol. The first-order valence-corrected chi connectivity index (χ1v) is 11.1. The molecule has 2 bridgehead atoms. The van der Waals surface area contributed by atoms with E-state index in [0.29, 0.717) is 17.5 Å². The predicted octanol–water partition coefficient (Wildman–Crippen LogP) is 3.47. The van der Waals surface area contributed by atoms with E-state index in [-0.39, 0.29) is 18.0 Å². The maximum absolute atomic E-state index is 12.9. The van der Waals surface area contributed by atoms with E-state index in [1.807, 2.05) is 17.0 Å². The summed E-state index contributed by atoms with van der Waals surface area (Å²) in [6.45, 7) is 0.894. The maximum atomic E-state index is 12.9. The van der Waals surface area contributed by atoms with Gasteiger partial charge in [0, 0.05) is 35.4 Å². The van der Waals surface area contributed by atoms with Gasteiger partial charge >= 0.3 is 0 Å². The van der Waals surface area contributed by atoms with Gasteiger partial charge in [0.2, 0.25) is 0 Å². The van der Waals surface area contributed by atoms with E-state index < -0.39 is 0 Å². The molecule has 152 valence electrons. The largest absolute Gasteiger partial charge is 0.347 e. The Kier molecular flexibility index (Phi) is 3.98. The molecule has 6 rings (SSSR count). The minimum absolute atomic E-state index is 0.0273. The molecule has 4 heterocycles. The normalized spacial score (nSPS) is 26.6. The number of rotatable bonds is 4. The topological polar surface area (TPSA) is 72.3 Å². The molecule has 4 aliphatic rings. The minimum atomic E-state index is -0.0273. The van der Waals surface area contributed by atoms with Crippen molar-refractivity contribution in [1.82, 2.24) is 15.2 Å². The molecule has 3 unspecified atom stereocenters. The second-order valence-corrected chi connectivity index (χ2v) is 9.06. The average Bonchev–Trinajstić information content (AvgIpc) is 3.31. The lowest BCUT2D eigenvalue weighted by atomic mass is 9.95.